The molecular weight excluding hydrogens is 262 g/mol. The fraction of sp³-hybridized carbons (Fsp3) is 0.615. The molecule has 0 atom stereocenters. The molecule has 110 valence electrons. The van der Waals surface area contributed by atoms with E-state index in [-0.39, 0.29) is 31.6 Å². The van der Waals surface area contributed by atoms with Crippen molar-refractivity contribution < 1.29 is 9.90 Å². The number of hydrogen-bond donors (Lipinski definition) is 1. The van der Waals surface area contributed by atoms with Gasteiger partial charge in [0, 0.05) is 31.9 Å². The molecule has 20 heavy (non-hydrogen) atoms. The van der Waals surface area contributed by atoms with E-state index in [1.54, 1.807) is 4.90 Å². The van der Waals surface area contributed by atoms with Crippen LogP contribution in [0, 0.1) is 0 Å². The fourth-order valence-electron chi connectivity index (χ4n) is 2.29. The minimum absolute atomic E-state index is 0.0928. The summed E-state index contributed by atoms with van der Waals surface area (Å²) in [5.74, 6) is -0.204. The van der Waals surface area contributed by atoms with Gasteiger partial charge in [0.05, 0.1) is 6.61 Å². The maximum atomic E-state index is 12.3. The minimum Gasteiger partial charge on any atom is -0.395 e. The zero-order valence-corrected chi connectivity index (χ0v) is 11.5. The Balaban J connectivity index is 2.15. The van der Waals surface area contributed by atoms with Crippen LogP contribution in [0.1, 0.15) is 19.3 Å². The van der Waals surface area contributed by atoms with Crippen LogP contribution in [0.3, 0.4) is 0 Å². The monoisotopic (exact) mass is 281 g/mol. The Hall–Kier alpha value is -1.89. The molecule has 7 heteroatoms. The summed E-state index contributed by atoms with van der Waals surface area (Å²) in [5, 5.41) is 9.05. The molecule has 7 nitrogen and oxygen atoms in total. The molecular formula is C13H19N3O4. The SMILES string of the molecule is Cn1c(=O)ccn(CC(=O)N(CCO)C2CCC2)c1=O. The van der Waals surface area contributed by atoms with E-state index in [1.165, 1.54) is 23.9 Å². The van der Waals surface area contributed by atoms with Gasteiger partial charge in [-0.15, -0.1) is 0 Å². The molecule has 2 rings (SSSR count). The molecule has 1 N–H and O–H groups in total. The predicted molar refractivity (Wildman–Crippen MR) is 72.4 cm³/mol. The molecule has 1 aromatic rings. The highest BCUT2D eigenvalue weighted by atomic mass is 16.3. The van der Waals surface area contributed by atoms with Gasteiger partial charge in [-0.1, -0.05) is 0 Å². The lowest BCUT2D eigenvalue weighted by molar-refractivity contribution is -0.136. The van der Waals surface area contributed by atoms with Crippen LogP contribution in [0.15, 0.2) is 21.9 Å². The zero-order valence-electron chi connectivity index (χ0n) is 11.5. The van der Waals surface area contributed by atoms with Crippen LogP contribution in [0.2, 0.25) is 0 Å². The standard InChI is InChI=1S/C13H19N3O4/c1-14-11(18)5-6-15(13(14)20)9-12(19)16(7-8-17)10-3-2-4-10/h5-6,10,17H,2-4,7-9H2,1H3. The first-order chi connectivity index (χ1) is 9.54. The highest BCUT2D eigenvalue weighted by Crippen LogP contribution is 2.24. The van der Waals surface area contributed by atoms with E-state index in [2.05, 4.69) is 0 Å². The first-order valence-corrected chi connectivity index (χ1v) is 6.71. The van der Waals surface area contributed by atoms with Gasteiger partial charge in [-0.25, -0.2) is 4.79 Å². The van der Waals surface area contributed by atoms with E-state index in [0.29, 0.717) is 0 Å². The van der Waals surface area contributed by atoms with Crippen molar-refractivity contribution in [3.05, 3.63) is 33.1 Å². The van der Waals surface area contributed by atoms with E-state index in [9.17, 15) is 14.4 Å². The molecule has 1 aliphatic carbocycles. The van der Waals surface area contributed by atoms with Crippen LogP contribution in [-0.2, 0) is 18.4 Å². The lowest BCUT2D eigenvalue weighted by Crippen LogP contribution is -2.48. The second kappa shape index (κ2) is 6.04. The highest BCUT2D eigenvalue weighted by molar-refractivity contribution is 5.76. The lowest BCUT2D eigenvalue weighted by atomic mass is 9.91. The Bertz CT molecular complexity index is 600. The summed E-state index contributed by atoms with van der Waals surface area (Å²) in [5.41, 5.74) is -0.909. The number of amides is 1. The van der Waals surface area contributed by atoms with Gasteiger partial charge in [0.1, 0.15) is 6.54 Å². The Morgan fingerprint density at radius 1 is 1.45 bits per heavy atom. The lowest BCUT2D eigenvalue weighted by Gasteiger charge is -2.37. The molecule has 0 spiro atoms. The Kier molecular flexibility index (Phi) is 4.39. The van der Waals surface area contributed by atoms with Crippen LogP contribution in [0.5, 0.6) is 0 Å². The third kappa shape index (κ3) is 2.82. The number of aliphatic hydroxyl groups excluding tert-OH is 1. The topological polar surface area (TPSA) is 84.5 Å². The van der Waals surface area contributed by atoms with Gasteiger partial charge in [0.25, 0.3) is 5.56 Å². The van der Waals surface area contributed by atoms with Crippen LogP contribution >= 0.6 is 0 Å². The van der Waals surface area contributed by atoms with E-state index >= 15 is 0 Å². The van der Waals surface area contributed by atoms with Crippen molar-refractivity contribution >= 4 is 5.91 Å². The van der Waals surface area contributed by atoms with Gasteiger partial charge in [-0.05, 0) is 19.3 Å². The highest BCUT2D eigenvalue weighted by Gasteiger charge is 2.28. The summed E-state index contributed by atoms with van der Waals surface area (Å²) in [7, 11) is 1.38. The third-order valence-electron chi connectivity index (χ3n) is 3.74. The normalized spacial score (nSPS) is 14.9. The van der Waals surface area contributed by atoms with E-state index in [4.69, 9.17) is 5.11 Å². The molecule has 1 heterocycles. The first kappa shape index (κ1) is 14.5. The second-order valence-electron chi connectivity index (χ2n) is 5.02. The fourth-order valence-corrected chi connectivity index (χ4v) is 2.29. The second-order valence-corrected chi connectivity index (χ2v) is 5.02. The van der Waals surface area contributed by atoms with Gasteiger partial charge in [0.2, 0.25) is 5.91 Å². The molecule has 1 fully saturated rings. The van der Waals surface area contributed by atoms with Crippen LogP contribution in [0.25, 0.3) is 0 Å². The van der Waals surface area contributed by atoms with Gasteiger partial charge in [-0.2, -0.15) is 0 Å². The molecule has 0 bridgehead atoms. The quantitative estimate of drug-likeness (QED) is 0.744. The molecule has 1 aromatic heterocycles. The van der Waals surface area contributed by atoms with Gasteiger partial charge < -0.3 is 10.0 Å². The summed E-state index contributed by atoms with van der Waals surface area (Å²) >= 11 is 0. The summed E-state index contributed by atoms with van der Waals surface area (Å²) in [6, 6.07) is 1.42. The van der Waals surface area contributed by atoms with E-state index in [0.717, 1.165) is 23.8 Å². The molecule has 0 aromatic carbocycles. The van der Waals surface area contributed by atoms with Crippen LogP contribution in [-0.4, -0.2) is 44.2 Å². The number of aromatic nitrogens is 2. The Labute approximate surface area is 116 Å². The predicted octanol–water partition coefficient (Wildman–Crippen LogP) is -1.08. The van der Waals surface area contributed by atoms with Crippen LogP contribution < -0.4 is 11.2 Å². The Morgan fingerprint density at radius 3 is 2.70 bits per heavy atom. The average Bonchev–Trinajstić information content (AvgIpc) is 2.37. The summed E-state index contributed by atoms with van der Waals surface area (Å²) < 4.78 is 2.18. The molecule has 1 aliphatic rings. The van der Waals surface area contributed by atoms with Crippen LogP contribution in [0.4, 0.5) is 0 Å². The zero-order chi connectivity index (χ0) is 14.7. The number of carbonyl (C=O) groups excluding carboxylic acids is 1. The number of nitrogens with zero attached hydrogens (tertiary/aromatic N) is 3. The van der Waals surface area contributed by atoms with Gasteiger partial charge in [0.15, 0.2) is 0 Å². The van der Waals surface area contributed by atoms with Crippen molar-refractivity contribution in [3.8, 4) is 0 Å². The van der Waals surface area contributed by atoms with E-state index in [1.807, 2.05) is 0 Å². The molecule has 0 aliphatic heterocycles. The smallest absolute Gasteiger partial charge is 0.331 e. The average molecular weight is 281 g/mol. The molecule has 1 saturated carbocycles. The molecule has 0 unspecified atom stereocenters. The van der Waals surface area contributed by atoms with Gasteiger partial charge >= 0.3 is 5.69 Å². The number of hydrogen-bond acceptors (Lipinski definition) is 4. The first-order valence-electron chi connectivity index (χ1n) is 6.71. The number of rotatable bonds is 5. The summed E-state index contributed by atoms with van der Waals surface area (Å²) in [6.07, 6.45) is 4.29. The maximum absolute atomic E-state index is 12.3. The minimum atomic E-state index is -0.511. The number of carbonyl (C=O) groups is 1. The Morgan fingerprint density at radius 2 is 2.15 bits per heavy atom. The van der Waals surface area contributed by atoms with Crippen molar-refractivity contribution in [2.24, 2.45) is 7.05 Å². The van der Waals surface area contributed by atoms with E-state index < -0.39 is 11.2 Å². The summed E-state index contributed by atoms with van der Waals surface area (Å²) in [6.45, 7) is 0.0812. The maximum Gasteiger partial charge on any atom is 0.331 e. The van der Waals surface area contributed by atoms with Crippen molar-refractivity contribution in [1.29, 1.82) is 0 Å². The molecule has 0 saturated heterocycles. The third-order valence-corrected chi connectivity index (χ3v) is 3.74. The molecule has 1 amide bonds. The summed E-state index contributed by atoms with van der Waals surface area (Å²) in [4.78, 5) is 37.0. The van der Waals surface area contributed by atoms with Gasteiger partial charge in [-0.3, -0.25) is 18.7 Å². The van der Waals surface area contributed by atoms with Crippen molar-refractivity contribution in [2.45, 2.75) is 31.8 Å². The van der Waals surface area contributed by atoms with Crippen molar-refractivity contribution in [3.63, 3.8) is 0 Å². The van der Waals surface area contributed by atoms with Crippen molar-refractivity contribution in [1.82, 2.24) is 14.0 Å². The number of aliphatic hydroxyl groups is 1. The van der Waals surface area contributed by atoms with Crippen molar-refractivity contribution in [2.75, 3.05) is 13.2 Å². The largest absolute Gasteiger partial charge is 0.395 e. The molecule has 0 radical (unpaired) electrons.